The van der Waals surface area contributed by atoms with Gasteiger partial charge in [0.05, 0.1) is 0 Å². The van der Waals surface area contributed by atoms with E-state index in [0.717, 1.165) is 38.4 Å². The molecule has 5 N–H and O–H groups in total. The molecule has 3 spiro atoms. The third kappa shape index (κ3) is 12.1. The summed E-state index contributed by atoms with van der Waals surface area (Å²) in [6, 6.07) is 33.5. The first-order chi connectivity index (χ1) is 32.7. The summed E-state index contributed by atoms with van der Waals surface area (Å²) in [4.78, 5) is 38.6. The second-order valence-electron chi connectivity index (χ2n) is 25.1. The van der Waals surface area contributed by atoms with Gasteiger partial charge in [0.1, 0.15) is 17.0 Å². The van der Waals surface area contributed by atoms with E-state index in [1.54, 1.807) is 4.90 Å². The number of nitrogens with two attached hydrogens (primary N) is 1. The van der Waals surface area contributed by atoms with Gasteiger partial charge >= 0.3 is 12.2 Å². The van der Waals surface area contributed by atoms with Crippen LogP contribution < -0.4 is 21.7 Å². The highest BCUT2D eigenvalue weighted by atomic mass is 16.6. The van der Waals surface area contributed by atoms with Crippen molar-refractivity contribution in [2.45, 2.75) is 178 Å². The maximum Gasteiger partial charge on any atom is 0.410 e. The maximum atomic E-state index is 12.2. The molecule has 6 aliphatic carbocycles. The number of rotatable bonds is 7. The molecule has 9 fully saturated rings. The second-order valence-corrected chi connectivity index (χ2v) is 25.1. The van der Waals surface area contributed by atoms with Crippen LogP contribution in [0.4, 0.5) is 9.59 Å². The van der Waals surface area contributed by atoms with E-state index in [2.05, 4.69) is 88.7 Å². The van der Waals surface area contributed by atoms with Gasteiger partial charge < -0.3 is 41.0 Å². The second kappa shape index (κ2) is 19.0. The largest absolute Gasteiger partial charge is 0.444 e. The molecule has 3 aliphatic heterocycles. The third-order valence-corrected chi connectivity index (χ3v) is 16.6. The lowest BCUT2D eigenvalue weighted by atomic mass is 9.78. The molecule has 0 aromatic heterocycles. The van der Waals surface area contributed by atoms with Crippen LogP contribution in [0.2, 0.25) is 0 Å². The lowest BCUT2D eigenvalue weighted by molar-refractivity contribution is -0.119. The van der Waals surface area contributed by atoms with Crippen LogP contribution in [0.25, 0.3) is 0 Å². The van der Waals surface area contributed by atoms with Gasteiger partial charge in [-0.05, 0) is 147 Å². The predicted octanol–water partition coefficient (Wildman–Crippen LogP) is 10.1. The van der Waals surface area contributed by atoms with Crippen LogP contribution in [-0.4, -0.2) is 90.3 Å². The monoisotopic (exact) mass is 943 g/mol. The summed E-state index contributed by atoms with van der Waals surface area (Å²) >= 11 is 0. The molecular formula is C58H82N6O5. The van der Waals surface area contributed by atoms with E-state index < -0.39 is 11.2 Å². The van der Waals surface area contributed by atoms with E-state index in [1.165, 1.54) is 94.0 Å². The van der Waals surface area contributed by atoms with Crippen LogP contribution in [0, 0.1) is 16.2 Å². The Balaban J connectivity index is 0.000000120. The van der Waals surface area contributed by atoms with Gasteiger partial charge in [-0.3, -0.25) is 4.79 Å². The van der Waals surface area contributed by atoms with Gasteiger partial charge in [0, 0.05) is 91.6 Å². The Kier molecular flexibility index (Phi) is 13.7. The van der Waals surface area contributed by atoms with Gasteiger partial charge in [-0.15, -0.1) is 0 Å². The Hall–Kier alpha value is -4.29. The molecule has 11 nitrogen and oxygen atoms in total. The molecule has 3 aromatic carbocycles. The Morgan fingerprint density at radius 3 is 1.32 bits per heavy atom. The summed E-state index contributed by atoms with van der Waals surface area (Å²) in [5.74, 6) is 0.337. The normalized spacial score (nSPS) is 26.1. The molecular weight excluding hydrogens is 861 g/mol. The summed E-state index contributed by atoms with van der Waals surface area (Å²) < 4.78 is 10.8. The summed E-state index contributed by atoms with van der Waals surface area (Å²) in [6.45, 7) is 17.0. The average Bonchev–Trinajstić information content (AvgIpc) is 4.23. The fourth-order valence-corrected chi connectivity index (χ4v) is 12.2. The highest BCUT2D eigenvalue weighted by molar-refractivity contribution is 5.82. The minimum atomic E-state index is -0.439. The number of ketones is 1. The lowest BCUT2D eigenvalue weighted by Gasteiger charge is -2.48. The maximum absolute atomic E-state index is 12.2. The van der Waals surface area contributed by atoms with Crippen molar-refractivity contribution < 1.29 is 23.9 Å². The van der Waals surface area contributed by atoms with Crippen molar-refractivity contribution in [3.8, 4) is 0 Å². The standard InChI is InChI=1S/C21H30N2O2.C16H22N2.C12H19NO3.C9H11N/c1-19(2,3)25-18(24)23-14-20(15-23)10-9-17(13-20)22-21(11-12-21)16-7-5-4-6-8-16;1-2-4-13(5-3-1)16(8-9-16)18-14-6-7-15(10-14)11-17-12-15;1-11(2,3)16-10(15)13-7-12(8-13)5-4-9(14)6-12;10-9(6-7-9)8-4-2-1-3-5-8/h4-8,17,22H,9-15H2,1-3H3;1-5,14,17-18H,6-12H2;4-8H2,1-3H3;1-5H,6-7,10H2. The number of Topliss-reactive ketones (excluding diaryl/α,β-unsaturated/α-hetero) is 1. The van der Waals surface area contributed by atoms with E-state index in [-0.39, 0.29) is 28.7 Å². The highest BCUT2D eigenvalue weighted by Gasteiger charge is 2.54. The number of carbonyl (C=O) groups excluding carboxylic acids is 3. The Bertz CT molecular complexity index is 2250. The van der Waals surface area contributed by atoms with Crippen LogP contribution >= 0.6 is 0 Å². The quantitative estimate of drug-likeness (QED) is 0.182. The van der Waals surface area contributed by atoms with Gasteiger partial charge in [0.25, 0.3) is 0 Å². The fourth-order valence-electron chi connectivity index (χ4n) is 12.2. The van der Waals surface area contributed by atoms with Crippen molar-refractivity contribution in [2.24, 2.45) is 22.0 Å². The van der Waals surface area contributed by atoms with E-state index in [9.17, 15) is 14.4 Å². The van der Waals surface area contributed by atoms with Crippen LogP contribution in [0.15, 0.2) is 91.0 Å². The number of nitrogens with one attached hydrogen (secondary N) is 3. The number of hydrogen-bond acceptors (Lipinski definition) is 9. The summed E-state index contributed by atoms with van der Waals surface area (Å²) in [6.07, 6.45) is 17.1. The Morgan fingerprint density at radius 2 is 0.971 bits per heavy atom. The minimum absolute atomic E-state index is 0.0429. The molecule has 0 bridgehead atoms. The van der Waals surface area contributed by atoms with E-state index in [1.807, 2.05) is 64.6 Å². The van der Waals surface area contributed by atoms with Crippen LogP contribution in [-0.2, 0) is 30.9 Å². The van der Waals surface area contributed by atoms with E-state index in [0.29, 0.717) is 54.1 Å². The topological polar surface area (TPSA) is 138 Å². The molecule has 374 valence electrons. The minimum Gasteiger partial charge on any atom is -0.444 e. The Morgan fingerprint density at radius 1 is 0.565 bits per heavy atom. The summed E-state index contributed by atoms with van der Waals surface area (Å²) in [5.41, 5.74) is 11.0. The molecule has 12 rings (SSSR count). The third-order valence-electron chi connectivity index (χ3n) is 16.6. The molecule has 0 radical (unpaired) electrons. The van der Waals surface area contributed by atoms with Gasteiger partial charge in [0.15, 0.2) is 0 Å². The molecule has 2 unspecified atom stereocenters. The molecule has 69 heavy (non-hydrogen) atoms. The average molecular weight is 943 g/mol. The lowest BCUT2D eigenvalue weighted by Crippen LogP contribution is -2.58. The molecule has 2 amide bonds. The van der Waals surface area contributed by atoms with E-state index >= 15 is 0 Å². The molecule has 3 heterocycles. The van der Waals surface area contributed by atoms with Crippen molar-refractivity contribution in [3.05, 3.63) is 108 Å². The van der Waals surface area contributed by atoms with Crippen molar-refractivity contribution >= 4 is 18.0 Å². The first kappa shape index (κ1) is 49.7. The zero-order chi connectivity index (χ0) is 48.8. The van der Waals surface area contributed by atoms with Gasteiger partial charge in [0.2, 0.25) is 0 Å². The number of amides is 2. The Labute approximate surface area is 412 Å². The predicted molar refractivity (Wildman–Crippen MR) is 272 cm³/mol. The van der Waals surface area contributed by atoms with Crippen LogP contribution in [0.1, 0.15) is 155 Å². The molecule has 3 saturated heterocycles. The van der Waals surface area contributed by atoms with Gasteiger partial charge in [-0.25, -0.2) is 9.59 Å². The van der Waals surface area contributed by atoms with Crippen LogP contribution in [0.5, 0.6) is 0 Å². The SMILES string of the molecule is CC(C)(C)OC(=O)N1CC2(CCC(=O)C2)C1.CC(C)(C)OC(=O)N1CC2(CCC(NC3(c4ccccc4)CC3)C2)C1.NC1(c2ccccc2)CC1.c1ccc(C2(NC3CCC4(CNC4)C3)CC2)cc1. The molecule has 11 heteroatoms. The molecule has 9 aliphatic rings. The number of likely N-dealkylation sites (tertiary alicyclic amines) is 2. The zero-order valence-electron chi connectivity index (χ0n) is 42.7. The first-order valence-corrected chi connectivity index (χ1v) is 26.4. The van der Waals surface area contributed by atoms with Gasteiger partial charge in [-0.2, -0.15) is 0 Å². The van der Waals surface area contributed by atoms with Crippen molar-refractivity contribution in [1.29, 1.82) is 0 Å². The number of benzene rings is 3. The first-order valence-electron chi connectivity index (χ1n) is 26.4. The number of ether oxygens (including phenoxy) is 2. The number of nitrogens with zero attached hydrogens (tertiary/aromatic N) is 2. The smallest absolute Gasteiger partial charge is 0.410 e. The summed E-state index contributed by atoms with van der Waals surface area (Å²) in [7, 11) is 0. The van der Waals surface area contributed by atoms with Crippen molar-refractivity contribution in [2.75, 3.05) is 39.3 Å². The van der Waals surface area contributed by atoms with Crippen molar-refractivity contribution in [3.63, 3.8) is 0 Å². The molecule has 2 atom stereocenters. The highest BCUT2D eigenvalue weighted by Crippen LogP contribution is 2.52. The fraction of sp³-hybridized carbons (Fsp3) is 0.638. The van der Waals surface area contributed by atoms with Gasteiger partial charge in [-0.1, -0.05) is 91.0 Å². The van der Waals surface area contributed by atoms with Crippen LogP contribution in [0.3, 0.4) is 0 Å². The zero-order valence-corrected chi connectivity index (χ0v) is 42.7. The molecule has 6 saturated carbocycles. The summed E-state index contributed by atoms with van der Waals surface area (Å²) in [5, 5.41) is 11.4. The number of hydrogen-bond donors (Lipinski definition) is 4. The number of carbonyl (C=O) groups is 3. The van der Waals surface area contributed by atoms with E-state index in [4.69, 9.17) is 15.2 Å². The van der Waals surface area contributed by atoms with Crippen molar-refractivity contribution in [1.82, 2.24) is 25.8 Å². The molecule has 3 aromatic rings.